The van der Waals surface area contributed by atoms with Gasteiger partial charge >= 0.3 is 23.0 Å². The molecule has 0 radical (unpaired) electrons. The lowest BCUT2D eigenvalue weighted by Crippen LogP contribution is -2.67. The Balaban J connectivity index is 2.23. The van der Waals surface area contributed by atoms with Crippen molar-refractivity contribution in [2.45, 2.75) is 40.0 Å². The third-order valence-corrected chi connectivity index (χ3v) is 5.97. The molecule has 3 atom stereocenters. The molecule has 29 heavy (non-hydrogen) atoms. The SMILES string of the molecule is CC(=O)OC[C@H]1C(=O)N2C(C(=O)OCOC(=O)C(C)(C)C)=C(C)C(=[N+]=[N-])S(=O)[C@H]12. The predicted molar refractivity (Wildman–Crippen MR) is 96.7 cm³/mol. The summed E-state index contributed by atoms with van der Waals surface area (Å²) in [6.45, 7) is 6.34. The number of nitrogens with zero attached hydrogens (tertiary/aromatic N) is 3. The molecule has 0 spiro atoms. The molecule has 0 N–H and O–H groups in total. The summed E-state index contributed by atoms with van der Waals surface area (Å²) in [6, 6.07) is 0. The number of ether oxygens (including phenoxy) is 3. The van der Waals surface area contributed by atoms with Gasteiger partial charge in [-0.05, 0) is 27.7 Å². The summed E-state index contributed by atoms with van der Waals surface area (Å²) in [5.41, 5.74) is 8.12. The molecule has 0 aliphatic carbocycles. The minimum atomic E-state index is -1.96. The van der Waals surface area contributed by atoms with Crippen molar-refractivity contribution in [1.29, 1.82) is 0 Å². The Kier molecular flexibility index (Phi) is 6.39. The van der Waals surface area contributed by atoms with Crippen molar-refractivity contribution in [2.24, 2.45) is 11.3 Å². The van der Waals surface area contributed by atoms with Gasteiger partial charge in [0.2, 0.25) is 12.7 Å². The highest BCUT2D eigenvalue weighted by Crippen LogP contribution is 2.39. The first kappa shape index (κ1) is 22.4. The van der Waals surface area contributed by atoms with E-state index in [1.165, 1.54) is 6.92 Å². The van der Waals surface area contributed by atoms with Gasteiger partial charge in [-0.3, -0.25) is 19.3 Å². The molecule has 0 aromatic rings. The van der Waals surface area contributed by atoms with Gasteiger partial charge in [-0.2, -0.15) is 4.79 Å². The van der Waals surface area contributed by atoms with Gasteiger partial charge in [-0.1, -0.05) is 0 Å². The standard InChI is InChI=1S/C17H21N3O8S/c1-8-11(15(23)27-7-28-16(24)17(3,4)5)20-13(22)10(6-26-9(2)21)14(20)29(25)12(8)19-18/h10,14H,6-7H2,1-5H3/t10-,14+,29?/m0/s1. The number of carbonyl (C=O) groups excluding carboxylic acids is 4. The first-order chi connectivity index (χ1) is 13.4. The monoisotopic (exact) mass is 427 g/mol. The van der Waals surface area contributed by atoms with Gasteiger partial charge in [0, 0.05) is 6.92 Å². The van der Waals surface area contributed by atoms with Crippen LogP contribution in [0.3, 0.4) is 0 Å². The van der Waals surface area contributed by atoms with Gasteiger partial charge in [0.25, 0.3) is 0 Å². The Hall–Kier alpha value is -2.85. The average molecular weight is 427 g/mol. The first-order valence-corrected chi connectivity index (χ1v) is 9.77. The summed E-state index contributed by atoms with van der Waals surface area (Å²) in [5.74, 6) is -3.81. The summed E-state index contributed by atoms with van der Waals surface area (Å²) in [7, 11) is -1.96. The number of carbonyl (C=O) groups is 4. The molecule has 2 aliphatic heterocycles. The fourth-order valence-corrected chi connectivity index (χ4v) is 4.30. The summed E-state index contributed by atoms with van der Waals surface area (Å²) in [5, 5.41) is -1.36. The van der Waals surface area contributed by atoms with E-state index in [1.807, 2.05) is 0 Å². The molecule has 0 aromatic carbocycles. The minimum Gasteiger partial charge on any atom is -0.465 e. The molecule has 0 aromatic heterocycles. The maximum atomic E-state index is 12.6. The van der Waals surface area contributed by atoms with Crippen LogP contribution in [0.5, 0.6) is 0 Å². The van der Waals surface area contributed by atoms with Crippen LogP contribution in [-0.4, -0.2) is 61.5 Å². The maximum absolute atomic E-state index is 12.6. The first-order valence-electron chi connectivity index (χ1n) is 8.56. The van der Waals surface area contributed by atoms with Crippen molar-refractivity contribution in [3.05, 3.63) is 16.8 Å². The third kappa shape index (κ3) is 4.28. The second-order valence-electron chi connectivity index (χ2n) is 7.42. The normalized spacial score (nSPS) is 23.6. The fraction of sp³-hybridized carbons (Fsp3) is 0.588. The number of amides is 1. The van der Waals surface area contributed by atoms with Crippen LogP contribution in [0.4, 0.5) is 0 Å². The Labute approximate surface area is 169 Å². The molecule has 0 bridgehead atoms. The minimum absolute atomic E-state index is 0.0199. The molecule has 2 rings (SSSR count). The maximum Gasteiger partial charge on any atom is 0.386 e. The highest BCUT2D eigenvalue weighted by atomic mass is 32.2. The second-order valence-corrected chi connectivity index (χ2v) is 8.88. The van der Waals surface area contributed by atoms with Crippen molar-refractivity contribution in [3.63, 3.8) is 0 Å². The van der Waals surface area contributed by atoms with Gasteiger partial charge in [-0.15, -0.1) is 0 Å². The fourth-order valence-electron chi connectivity index (χ4n) is 2.70. The van der Waals surface area contributed by atoms with E-state index in [0.29, 0.717) is 0 Å². The second kappa shape index (κ2) is 8.26. The van der Waals surface area contributed by atoms with Crippen LogP contribution in [0, 0.1) is 11.3 Å². The lowest BCUT2D eigenvalue weighted by molar-refractivity contribution is -0.174. The summed E-state index contributed by atoms with van der Waals surface area (Å²) >= 11 is 0. The lowest BCUT2D eigenvalue weighted by atomic mass is 9.96. The zero-order chi connectivity index (χ0) is 22.1. The van der Waals surface area contributed by atoms with Gasteiger partial charge in [0.15, 0.2) is 10.8 Å². The molecule has 12 heteroatoms. The van der Waals surface area contributed by atoms with Crippen LogP contribution in [0.2, 0.25) is 0 Å². The van der Waals surface area contributed by atoms with E-state index >= 15 is 0 Å². The molecule has 1 saturated heterocycles. The molecule has 2 aliphatic rings. The third-order valence-electron chi connectivity index (χ3n) is 4.22. The smallest absolute Gasteiger partial charge is 0.386 e. The number of esters is 3. The molecule has 1 fully saturated rings. The topological polar surface area (TPSA) is 153 Å². The lowest BCUT2D eigenvalue weighted by Gasteiger charge is -2.47. The number of fused-ring (bicyclic) bond motifs is 1. The van der Waals surface area contributed by atoms with Crippen molar-refractivity contribution >= 4 is 39.7 Å². The van der Waals surface area contributed by atoms with E-state index in [4.69, 9.17) is 14.2 Å². The van der Waals surface area contributed by atoms with Crippen molar-refractivity contribution < 1.29 is 42.4 Å². The molecule has 11 nitrogen and oxygen atoms in total. The van der Waals surface area contributed by atoms with Crippen LogP contribution >= 0.6 is 0 Å². The van der Waals surface area contributed by atoms with E-state index in [1.54, 1.807) is 20.8 Å². The average Bonchev–Trinajstić information content (AvgIpc) is 2.61. The largest absolute Gasteiger partial charge is 0.465 e. The van der Waals surface area contributed by atoms with Gasteiger partial charge in [0.1, 0.15) is 23.6 Å². The van der Waals surface area contributed by atoms with E-state index in [9.17, 15) is 28.9 Å². The van der Waals surface area contributed by atoms with Crippen molar-refractivity contribution in [3.8, 4) is 0 Å². The number of rotatable bonds is 5. The van der Waals surface area contributed by atoms with Gasteiger partial charge < -0.3 is 19.7 Å². The summed E-state index contributed by atoms with van der Waals surface area (Å²) < 4.78 is 27.2. The van der Waals surface area contributed by atoms with Crippen molar-refractivity contribution in [1.82, 2.24) is 4.90 Å². The predicted octanol–water partition coefficient (Wildman–Crippen LogP) is 0.0886. The molecular weight excluding hydrogens is 406 g/mol. The zero-order valence-corrected chi connectivity index (χ0v) is 17.4. The van der Waals surface area contributed by atoms with E-state index in [0.717, 1.165) is 11.8 Å². The van der Waals surface area contributed by atoms with E-state index in [-0.39, 0.29) is 22.9 Å². The molecule has 2 heterocycles. The molecule has 1 amide bonds. The Bertz CT molecular complexity index is 882. The molecule has 158 valence electrons. The van der Waals surface area contributed by atoms with E-state index < -0.39 is 58.1 Å². The Morgan fingerprint density at radius 3 is 2.34 bits per heavy atom. The molecule has 1 unspecified atom stereocenters. The zero-order valence-electron chi connectivity index (χ0n) is 16.6. The van der Waals surface area contributed by atoms with E-state index in [2.05, 4.69) is 4.79 Å². The van der Waals surface area contributed by atoms with Crippen LogP contribution < -0.4 is 0 Å². The van der Waals surface area contributed by atoms with Gasteiger partial charge in [-0.25, -0.2) is 9.00 Å². The van der Waals surface area contributed by atoms with Crippen LogP contribution in [0.15, 0.2) is 11.3 Å². The van der Waals surface area contributed by atoms with Crippen LogP contribution in [0.25, 0.3) is 5.53 Å². The van der Waals surface area contributed by atoms with Crippen molar-refractivity contribution in [2.75, 3.05) is 13.4 Å². The number of β-lactam (4-membered cyclic amide) rings is 1. The highest BCUT2D eigenvalue weighted by Gasteiger charge is 2.60. The highest BCUT2D eigenvalue weighted by molar-refractivity contribution is 8.01. The molecular formula is C17H21N3O8S. The quantitative estimate of drug-likeness (QED) is 0.197. The number of hydrogen-bond acceptors (Lipinski definition) is 8. The van der Waals surface area contributed by atoms with Gasteiger partial charge in [0.05, 0.1) is 11.0 Å². The Morgan fingerprint density at radius 1 is 1.21 bits per heavy atom. The Morgan fingerprint density at radius 2 is 1.83 bits per heavy atom. The summed E-state index contributed by atoms with van der Waals surface area (Å²) in [4.78, 5) is 51.7. The number of hydrogen-bond donors (Lipinski definition) is 0. The molecule has 0 saturated carbocycles. The van der Waals surface area contributed by atoms with Crippen LogP contribution in [-0.2, 0) is 44.2 Å². The van der Waals surface area contributed by atoms with Crippen LogP contribution in [0.1, 0.15) is 34.6 Å². The summed E-state index contributed by atoms with van der Waals surface area (Å²) in [6.07, 6.45) is 0.